The van der Waals surface area contributed by atoms with E-state index in [9.17, 15) is 10.1 Å². The molecule has 0 heterocycles. The molecule has 2 rings (SSSR count). The van der Waals surface area contributed by atoms with Crippen molar-refractivity contribution in [2.75, 3.05) is 7.11 Å². The molecule has 0 aromatic heterocycles. The van der Waals surface area contributed by atoms with E-state index in [1.807, 2.05) is 12.1 Å². The molecule has 1 aromatic rings. The third-order valence-electron chi connectivity index (χ3n) is 3.52. The number of benzene rings is 1. The highest BCUT2D eigenvalue weighted by molar-refractivity contribution is 5.95. The molecule has 100 valence electrons. The van der Waals surface area contributed by atoms with Crippen LogP contribution in [0.25, 0.3) is 0 Å². The third kappa shape index (κ3) is 3.12. The maximum absolute atomic E-state index is 12.2. The molecule has 1 saturated carbocycles. The number of methoxy groups -OCH3 is 1. The number of carbonyl (C=O) groups excluding carboxylic acids is 1. The van der Waals surface area contributed by atoms with E-state index in [0.717, 1.165) is 31.2 Å². The molecule has 0 bridgehead atoms. The summed E-state index contributed by atoms with van der Waals surface area (Å²) >= 11 is 0. The Morgan fingerprint density at radius 2 is 2.21 bits per heavy atom. The van der Waals surface area contributed by atoms with Crippen LogP contribution >= 0.6 is 0 Å². The number of nitriles is 1. The van der Waals surface area contributed by atoms with Crippen LogP contribution < -0.4 is 5.32 Å². The molecule has 0 spiro atoms. The normalized spacial score (nSPS) is 16.8. The third-order valence-corrected chi connectivity index (χ3v) is 3.52. The second-order valence-electron chi connectivity index (χ2n) is 4.99. The molecule has 1 aromatic carbocycles. The average Bonchev–Trinajstić information content (AvgIpc) is 2.88. The first-order chi connectivity index (χ1) is 9.19. The summed E-state index contributed by atoms with van der Waals surface area (Å²) in [6.45, 7) is 0.477. The molecule has 1 N–H and O–H groups in total. The highest BCUT2D eigenvalue weighted by Crippen LogP contribution is 2.29. The van der Waals surface area contributed by atoms with Crippen LogP contribution in [0.3, 0.4) is 0 Å². The molecule has 1 aliphatic carbocycles. The van der Waals surface area contributed by atoms with Gasteiger partial charge in [-0.05, 0) is 43.4 Å². The van der Waals surface area contributed by atoms with Gasteiger partial charge in [-0.25, -0.2) is 0 Å². The zero-order valence-corrected chi connectivity index (χ0v) is 11.1. The monoisotopic (exact) mass is 258 g/mol. The van der Waals surface area contributed by atoms with Crippen molar-refractivity contribution in [2.45, 2.75) is 37.8 Å². The Kier molecular flexibility index (Phi) is 4.18. The largest absolute Gasteiger partial charge is 0.380 e. The van der Waals surface area contributed by atoms with Gasteiger partial charge in [0.25, 0.3) is 5.91 Å². The van der Waals surface area contributed by atoms with Crippen LogP contribution in [0.15, 0.2) is 24.3 Å². The van der Waals surface area contributed by atoms with Crippen molar-refractivity contribution in [2.24, 2.45) is 0 Å². The molecule has 0 saturated heterocycles. The molecule has 19 heavy (non-hydrogen) atoms. The molecule has 0 unspecified atom stereocenters. The Hall–Kier alpha value is -1.86. The fraction of sp³-hybridized carbons (Fsp3) is 0.467. The van der Waals surface area contributed by atoms with Crippen molar-refractivity contribution >= 4 is 5.91 Å². The summed E-state index contributed by atoms with van der Waals surface area (Å²) < 4.78 is 5.05. The standard InChI is InChI=1S/C15H18N2O2/c1-19-10-12-5-4-6-13(9-12)14(18)17-15(11-16)7-2-3-8-15/h4-6,9H,2-3,7-8,10H2,1H3,(H,17,18). The second-order valence-corrected chi connectivity index (χ2v) is 4.99. The maximum Gasteiger partial charge on any atom is 0.252 e. The van der Waals surface area contributed by atoms with E-state index in [0.29, 0.717) is 12.2 Å². The Labute approximate surface area is 113 Å². The van der Waals surface area contributed by atoms with E-state index in [1.54, 1.807) is 19.2 Å². The van der Waals surface area contributed by atoms with Crippen LogP contribution in [0.4, 0.5) is 0 Å². The zero-order valence-electron chi connectivity index (χ0n) is 11.1. The van der Waals surface area contributed by atoms with Gasteiger partial charge in [0.15, 0.2) is 0 Å². The van der Waals surface area contributed by atoms with E-state index >= 15 is 0 Å². The minimum absolute atomic E-state index is 0.179. The van der Waals surface area contributed by atoms with Crippen LogP contribution in [0.1, 0.15) is 41.6 Å². The Balaban J connectivity index is 2.11. The van der Waals surface area contributed by atoms with Gasteiger partial charge in [0.1, 0.15) is 5.54 Å². The lowest BCUT2D eigenvalue weighted by Crippen LogP contribution is -2.45. The van der Waals surface area contributed by atoms with E-state index in [2.05, 4.69) is 11.4 Å². The molecule has 0 radical (unpaired) electrons. The number of nitrogens with zero attached hydrogens (tertiary/aromatic N) is 1. The quantitative estimate of drug-likeness (QED) is 0.902. The smallest absolute Gasteiger partial charge is 0.252 e. The van der Waals surface area contributed by atoms with Gasteiger partial charge in [0, 0.05) is 12.7 Å². The van der Waals surface area contributed by atoms with Crippen molar-refractivity contribution in [3.05, 3.63) is 35.4 Å². The van der Waals surface area contributed by atoms with Gasteiger partial charge in [-0.15, -0.1) is 0 Å². The molecule has 4 heteroatoms. The van der Waals surface area contributed by atoms with Gasteiger partial charge < -0.3 is 10.1 Å². The van der Waals surface area contributed by atoms with Crippen LogP contribution in [0, 0.1) is 11.3 Å². The molecule has 4 nitrogen and oxygen atoms in total. The first kappa shape index (κ1) is 13.6. The molecular formula is C15H18N2O2. The second kappa shape index (κ2) is 5.85. The van der Waals surface area contributed by atoms with Gasteiger partial charge >= 0.3 is 0 Å². The first-order valence-electron chi connectivity index (χ1n) is 6.51. The Morgan fingerprint density at radius 1 is 1.47 bits per heavy atom. The number of amides is 1. The summed E-state index contributed by atoms with van der Waals surface area (Å²) in [5.41, 5.74) is 0.859. The van der Waals surface area contributed by atoms with Gasteiger partial charge in [-0.3, -0.25) is 4.79 Å². The molecule has 0 atom stereocenters. The summed E-state index contributed by atoms with van der Waals surface area (Å²) in [5.74, 6) is -0.179. The maximum atomic E-state index is 12.2. The zero-order chi connectivity index (χ0) is 13.7. The number of hydrogen-bond donors (Lipinski definition) is 1. The van der Waals surface area contributed by atoms with Crippen LogP contribution in [0.5, 0.6) is 0 Å². The van der Waals surface area contributed by atoms with Gasteiger partial charge in [-0.1, -0.05) is 12.1 Å². The number of ether oxygens (including phenoxy) is 1. The predicted molar refractivity (Wildman–Crippen MR) is 71.4 cm³/mol. The summed E-state index contributed by atoms with van der Waals surface area (Å²) in [5, 5.41) is 12.2. The molecule has 1 aliphatic rings. The summed E-state index contributed by atoms with van der Waals surface area (Å²) in [6.07, 6.45) is 3.48. The summed E-state index contributed by atoms with van der Waals surface area (Å²) in [7, 11) is 1.62. The highest BCUT2D eigenvalue weighted by atomic mass is 16.5. The van der Waals surface area contributed by atoms with Crippen LogP contribution in [-0.4, -0.2) is 18.6 Å². The average molecular weight is 258 g/mol. The topological polar surface area (TPSA) is 62.1 Å². The van der Waals surface area contributed by atoms with Gasteiger partial charge in [0.2, 0.25) is 0 Å². The van der Waals surface area contributed by atoms with E-state index in [-0.39, 0.29) is 5.91 Å². The number of rotatable bonds is 4. The van der Waals surface area contributed by atoms with E-state index in [1.165, 1.54) is 0 Å². The van der Waals surface area contributed by atoms with Crippen molar-refractivity contribution in [3.8, 4) is 6.07 Å². The molecule has 0 aliphatic heterocycles. The van der Waals surface area contributed by atoms with Crippen molar-refractivity contribution in [1.29, 1.82) is 5.26 Å². The first-order valence-corrected chi connectivity index (χ1v) is 6.51. The number of hydrogen-bond acceptors (Lipinski definition) is 3. The Bertz CT molecular complexity index is 499. The van der Waals surface area contributed by atoms with E-state index < -0.39 is 5.54 Å². The lowest BCUT2D eigenvalue weighted by atomic mass is 9.99. The predicted octanol–water partition coefficient (Wildman–Crippen LogP) is 2.40. The van der Waals surface area contributed by atoms with Gasteiger partial charge in [-0.2, -0.15) is 5.26 Å². The van der Waals surface area contributed by atoms with Crippen LogP contribution in [0.2, 0.25) is 0 Å². The highest BCUT2D eigenvalue weighted by Gasteiger charge is 2.35. The lowest BCUT2D eigenvalue weighted by molar-refractivity contribution is 0.0920. The number of carbonyl (C=O) groups is 1. The lowest BCUT2D eigenvalue weighted by Gasteiger charge is -2.22. The molecule has 1 fully saturated rings. The van der Waals surface area contributed by atoms with E-state index in [4.69, 9.17) is 4.74 Å². The summed E-state index contributed by atoms with van der Waals surface area (Å²) in [4.78, 5) is 12.2. The molecular weight excluding hydrogens is 240 g/mol. The SMILES string of the molecule is COCc1cccc(C(=O)NC2(C#N)CCCC2)c1. The number of nitrogens with one attached hydrogen (secondary N) is 1. The van der Waals surface area contributed by atoms with Crippen molar-refractivity contribution in [3.63, 3.8) is 0 Å². The van der Waals surface area contributed by atoms with Crippen molar-refractivity contribution < 1.29 is 9.53 Å². The van der Waals surface area contributed by atoms with Crippen molar-refractivity contribution in [1.82, 2.24) is 5.32 Å². The molecule has 1 amide bonds. The minimum atomic E-state index is -0.672. The Morgan fingerprint density at radius 3 is 2.84 bits per heavy atom. The van der Waals surface area contributed by atoms with Gasteiger partial charge in [0.05, 0.1) is 12.7 Å². The summed E-state index contributed by atoms with van der Waals surface area (Å²) in [6, 6.07) is 9.57. The fourth-order valence-electron chi connectivity index (χ4n) is 2.50. The minimum Gasteiger partial charge on any atom is -0.380 e. The fourth-order valence-corrected chi connectivity index (χ4v) is 2.50. The van der Waals surface area contributed by atoms with Crippen LogP contribution in [-0.2, 0) is 11.3 Å².